The van der Waals surface area contributed by atoms with E-state index >= 15 is 0 Å². The first-order chi connectivity index (χ1) is 11.3. The van der Waals surface area contributed by atoms with Crippen LogP contribution in [0, 0.1) is 0 Å². The zero-order valence-electron chi connectivity index (χ0n) is 12.1. The zero-order valence-corrected chi connectivity index (χ0v) is 13.6. The number of nitrogens with one attached hydrogen (secondary N) is 1. The summed E-state index contributed by atoms with van der Waals surface area (Å²) in [5.41, 5.74) is 1.33. The highest BCUT2D eigenvalue weighted by Gasteiger charge is 2.43. The summed E-state index contributed by atoms with van der Waals surface area (Å²) in [6.45, 7) is 0. The Bertz CT molecular complexity index is 852. The number of aliphatic carboxylic acids is 1. The maximum atomic E-state index is 11.5. The summed E-state index contributed by atoms with van der Waals surface area (Å²) in [7, 11) is 0. The standard InChI is InChI=1S/C16H12Cl2N2O4/c17-8-5-6-12-10(7-8)13(9-3-1-2-4-11(9)18)19-14(15(21)22)16(23,24)20-12/h1-7,14,20,23-24H,(H,21,22). The molecule has 0 saturated carbocycles. The number of carboxylic acid groups (broad SMARTS) is 1. The Morgan fingerprint density at radius 3 is 2.50 bits per heavy atom. The Labute approximate surface area is 147 Å². The van der Waals surface area contributed by atoms with Crippen molar-refractivity contribution in [1.29, 1.82) is 0 Å². The number of rotatable bonds is 2. The first kappa shape index (κ1) is 16.7. The molecule has 1 heterocycles. The van der Waals surface area contributed by atoms with E-state index in [9.17, 15) is 20.1 Å². The molecule has 3 rings (SSSR count). The second kappa shape index (κ2) is 6.07. The minimum Gasteiger partial charge on any atom is -0.479 e. The number of anilines is 1. The fourth-order valence-electron chi connectivity index (χ4n) is 2.47. The van der Waals surface area contributed by atoms with Gasteiger partial charge in [-0.2, -0.15) is 0 Å². The highest BCUT2D eigenvalue weighted by atomic mass is 35.5. The van der Waals surface area contributed by atoms with Gasteiger partial charge in [-0.05, 0) is 24.3 Å². The predicted molar refractivity (Wildman–Crippen MR) is 90.8 cm³/mol. The molecule has 2 aromatic rings. The lowest BCUT2D eigenvalue weighted by atomic mass is 10.0. The third-order valence-electron chi connectivity index (χ3n) is 3.56. The molecule has 24 heavy (non-hydrogen) atoms. The van der Waals surface area contributed by atoms with Crippen LogP contribution in [0.3, 0.4) is 0 Å². The fourth-order valence-corrected chi connectivity index (χ4v) is 2.87. The van der Waals surface area contributed by atoms with Crippen molar-refractivity contribution in [2.75, 3.05) is 5.32 Å². The number of halogens is 2. The van der Waals surface area contributed by atoms with E-state index in [1.807, 2.05) is 0 Å². The molecule has 0 amide bonds. The molecule has 0 aliphatic carbocycles. The Balaban J connectivity index is 2.32. The number of benzodiazepines with no additional fused rings is 1. The van der Waals surface area contributed by atoms with Crippen molar-refractivity contribution in [3.8, 4) is 0 Å². The number of carboxylic acids is 1. The van der Waals surface area contributed by atoms with Crippen molar-refractivity contribution in [3.63, 3.8) is 0 Å². The Morgan fingerprint density at radius 2 is 1.83 bits per heavy atom. The van der Waals surface area contributed by atoms with Crippen LogP contribution < -0.4 is 5.32 Å². The van der Waals surface area contributed by atoms with Crippen LogP contribution in [0.1, 0.15) is 11.1 Å². The summed E-state index contributed by atoms with van der Waals surface area (Å²) in [6.07, 6.45) is 0. The summed E-state index contributed by atoms with van der Waals surface area (Å²) in [6, 6.07) is 9.45. The van der Waals surface area contributed by atoms with E-state index in [4.69, 9.17) is 23.2 Å². The predicted octanol–water partition coefficient (Wildman–Crippen LogP) is 2.35. The van der Waals surface area contributed by atoms with E-state index in [1.54, 1.807) is 30.3 Å². The Morgan fingerprint density at radius 1 is 1.12 bits per heavy atom. The van der Waals surface area contributed by atoms with Crippen molar-refractivity contribution in [2.45, 2.75) is 12.0 Å². The van der Waals surface area contributed by atoms with Crippen LogP contribution >= 0.6 is 23.2 Å². The van der Waals surface area contributed by atoms with Gasteiger partial charge < -0.3 is 20.6 Å². The lowest BCUT2D eigenvalue weighted by Crippen LogP contribution is -2.51. The maximum absolute atomic E-state index is 11.5. The number of fused-ring (bicyclic) bond motifs is 1. The van der Waals surface area contributed by atoms with Gasteiger partial charge in [-0.15, -0.1) is 0 Å². The molecule has 0 saturated heterocycles. The number of aliphatic hydroxyl groups is 2. The number of carbonyl (C=O) groups is 1. The Kier molecular flexibility index (Phi) is 4.23. The first-order valence-corrected chi connectivity index (χ1v) is 7.63. The molecule has 1 atom stereocenters. The number of nitrogens with zero attached hydrogens (tertiary/aromatic N) is 1. The lowest BCUT2D eigenvalue weighted by Gasteiger charge is -2.25. The minimum absolute atomic E-state index is 0.197. The number of hydrogen-bond donors (Lipinski definition) is 4. The molecule has 1 aliphatic heterocycles. The molecule has 1 aliphatic rings. The summed E-state index contributed by atoms with van der Waals surface area (Å²) < 4.78 is 0. The molecule has 8 heteroatoms. The van der Waals surface area contributed by atoms with Crippen molar-refractivity contribution >= 4 is 40.6 Å². The van der Waals surface area contributed by atoms with Crippen LogP contribution in [0.15, 0.2) is 47.5 Å². The van der Waals surface area contributed by atoms with Gasteiger partial charge >= 0.3 is 5.97 Å². The molecule has 0 spiro atoms. The van der Waals surface area contributed by atoms with Gasteiger partial charge in [-0.25, -0.2) is 4.79 Å². The third-order valence-corrected chi connectivity index (χ3v) is 4.12. The average molecular weight is 367 g/mol. The van der Waals surface area contributed by atoms with E-state index in [0.29, 0.717) is 21.2 Å². The quantitative estimate of drug-likeness (QED) is 0.611. The maximum Gasteiger partial charge on any atom is 0.336 e. The average Bonchev–Trinajstić information content (AvgIpc) is 2.61. The molecule has 1 unspecified atom stereocenters. The van der Waals surface area contributed by atoms with E-state index < -0.39 is 17.9 Å². The van der Waals surface area contributed by atoms with Gasteiger partial charge in [0.15, 0.2) is 0 Å². The summed E-state index contributed by atoms with van der Waals surface area (Å²) in [5, 5.41) is 32.7. The molecule has 0 fully saturated rings. The normalized spacial score (nSPS) is 18.8. The van der Waals surface area contributed by atoms with Gasteiger partial charge in [-0.3, -0.25) is 4.99 Å². The highest BCUT2D eigenvalue weighted by molar-refractivity contribution is 6.36. The molecule has 0 bridgehead atoms. The SMILES string of the molecule is O=C(O)C1N=C(c2ccccc2Cl)c2cc(Cl)ccc2NC1(O)O. The summed E-state index contributed by atoms with van der Waals surface area (Å²) >= 11 is 12.2. The Hall–Kier alpha value is -2.12. The van der Waals surface area contributed by atoms with Crippen LogP contribution in [0.2, 0.25) is 10.0 Å². The van der Waals surface area contributed by atoms with Gasteiger partial charge in [0.25, 0.3) is 5.91 Å². The molecular weight excluding hydrogens is 355 g/mol. The zero-order chi connectivity index (χ0) is 17.5. The second-order valence-electron chi connectivity index (χ2n) is 5.24. The van der Waals surface area contributed by atoms with E-state index in [1.165, 1.54) is 12.1 Å². The van der Waals surface area contributed by atoms with Crippen LogP contribution in [0.25, 0.3) is 0 Å². The topological polar surface area (TPSA) is 102 Å². The molecule has 0 aromatic heterocycles. The molecule has 0 radical (unpaired) electrons. The molecule has 124 valence electrons. The lowest BCUT2D eigenvalue weighted by molar-refractivity contribution is -0.175. The van der Waals surface area contributed by atoms with Crippen molar-refractivity contribution in [2.24, 2.45) is 4.99 Å². The monoisotopic (exact) mass is 366 g/mol. The molecule has 2 aromatic carbocycles. The molecule has 4 N–H and O–H groups in total. The first-order valence-electron chi connectivity index (χ1n) is 6.88. The van der Waals surface area contributed by atoms with E-state index in [0.717, 1.165) is 0 Å². The summed E-state index contributed by atoms with van der Waals surface area (Å²) in [5.74, 6) is -4.28. The smallest absolute Gasteiger partial charge is 0.336 e. The van der Waals surface area contributed by atoms with Gasteiger partial charge in [0.2, 0.25) is 6.04 Å². The number of benzene rings is 2. The number of aliphatic imine (C=N–C) groups is 1. The van der Waals surface area contributed by atoms with Gasteiger partial charge in [0.05, 0.1) is 5.71 Å². The van der Waals surface area contributed by atoms with Crippen molar-refractivity contribution in [1.82, 2.24) is 0 Å². The van der Waals surface area contributed by atoms with Crippen LogP contribution in [0.5, 0.6) is 0 Å². The van der Waals surface area contributed by atoms with Crippen LogP contribution in [-0.4, -0.2) is 39.0 Å². The van der Waals surface area contributed by atoms with Crippen LogP contribution in [-0.2, 0) is 4.79 Å². The van der Waals surface area contributed by atoms with Gasteiger partial charge in [-0.1, -0.05) is 41.4 Å². The third kappa shape index (κ3) is 2.97. The highest BCUT2D eigenvalue weighted by Crippen LogP contribution is 2.32. The fraction of sp³-hybridized carbons (Fsp3) is 0.125. The minimum atomic E-state index is -2.78. The molecule has 6 nitrogen and oxygen atoms in total. The number of hydrogen-bond acceptors (Lipinski definition) is 5. The van der Waals surface area contributed by atoms with E-state index in [2.05, 4.69) is 10.3 Å². The summed E-state index contributed by atoms with van der Waals surface area (Å²) in [4.78, 5) is 15.5. The van der Waals surface area contributed by atoms with Crippen molar-refractivity contribution < 1.29 is 20.1 Å². The second-order valence-corrected chi connectivity index (χ2v) is 6.08. The van der Waals surface area contributed by atoms with Gasteiger partial charge in [0.1, 0.15) is 0 Å². The van der Waals surface area contributed by atoms with E-state index in [-0.39, 0.29) is 11.4 Å². The molecular formula is C16H12Cl2N2O4. The van der Waals surface area contributed by atoms with Crippen molar-refractivity contribution in [3.05, 3.63) is 63.6 Å². The van der Waals surface area contributed by atoms with Gasteiger partial charge in [0, 0.05) is 26.9 Å². The largest absolute Gasteiger partial charge is 0.479 e. The van der Waals surface area contributed by atoms with Crippen LogP contribution in [0.4, 0.5) is 5.69 Å².